The number of nitrogens with two attached hydrogens (primary N) is 1. The molecule has 2 N–H and O–H groups in total. The van der Waals surface area contributed by atoms with Crippen LogP contribution in [-0.4, -0.2) is 22.4 Å². The van der Waals surface area contributed by atoms with E-state index in [9.17, 15) is 8.42 Å². The van der Waals surface area contributed by atoms with Gasteiger partial charge in [-0.1, -0.05) is 48.0 Å². The molecule has 0 amide bonds. The van der Waals surface area contributed by atoms with Crippen LogP contribution >= 0.6 is 11.6 Å². The summed E-state index contributed by atoms with van der Waals surface area (Å²) in [5, 5.41) is 1.02. The third-order valence-corrected chi connectivity index (χ3v) is 6.44. The summed E-state index contributed by atoms with van der Waals surface area (Å²) in [6, 6.07) is 15.5. The monoisotopic (exact) mass is 398 g/mol. The highest BCUT2D eigenvalue weighted by Crippen LogP contribution is 2.38. The number of para-hydroxylation sites is 1. The standard InChI is InChI=1S/C19H15ClN4O2S/c1-12-17(18-15(20)11-22-19(21)23-18)14-9-5-6-10-16(14)24(12)27(25,26)13-7-3-2-4-8-13/h2-11H,1H3,(H2,21,22,23). The summed E-state index contributed by atoms with van der Waals surface area (Å²) in [4.78, 5) is 8.34. The van der Waals surface area contributed by atoms with Gasteiger partial charge in [-0.15, -0.1) is 0 Å². The molecule has 2 aromatic heterocycles. The van der Waals surface area contributed by atoms with E-state index < -0.39 is 10.0 Å². The fourth-order valence-electron chi connectivity index (χ4n) is 3.20. The Labute approximate surface area is 161 Å². The molecule has 2 heterocycles. The predicted molar refractivity (Wildman–Crippen MR) is 106 cm³/mol. The lowest BCUT2D eigenvalue weighted by Gasteiger charge is -2.10. The Bertz CT molecular complexity index is 1270. The van der Waals surface area contributed by atoms with E-state index >= 15 is 0 Å². The highest BCUT2D eigenvalue weighted by Gasteiger charge is 2.26. The molecule has 0 unspecified atom stereocenters. The Morgan fingerprint density at radius 2 is 1.70 bits per heavy atom. The van der Waals surface area contributed by atoms with Gasteiger partial charge in [0, 0.05) is 16.6 Å². The van der Waals surface area contributed by atoms with Crippen LogP contribution in [0.1, 0.15) is 5.69 Å². The number of anilines is 1. The van der Waals surface area contributed by atoms with Crippen molar-refractivity contribution in [3.8, 4) is 11.3 Å². The first kappa shape index (κ1) is 17.5. The number of nitrogens with zero attached hydrogens (tertiary/aromatic N) is 3. The summed E-state index contributed by atoms with van der Waals surface area (Å²) < 4.78 is 28.0. The van der Waals surface area contributed by atoms with E-state index in [4.69, 9.17) is 17.3 Å². The summed E-state index contributed by atoms with van der Waals surface area (Å²) in [6.07, 6.45) is 1.41. The maximum absolute atomic E-state index is 13.3. The summed E-state index contributed by atoms with van der Waals surface area (Å²) >= 11 is 6.30. The number of halogens is 1. The quantitative estimate of drug-likeness (QED) is 0.565. The molecule has 0 fully saturated rings. The fraction of sp³-hybridized carbons (Fsp3) is 0.0526. The lowest BCUT2D eigenvalue weighted by atomic mass is 10.1. The molecule has 6 nitrogen and oxygen atoms in total. The van der Waals surface area contributed by atoms with Gasteiger partial charge in [0.05, 0.1) is 27.3 Å². The van der Waals surface area contributed by atoms with E-state index in [2.05, 4.69) is 9.97 Å². The van der Waals surface area contributed by atoms with Crippen LogP contribution in [0.3, 0.4) is 0 Å². The number of nitrogen functional groups attached to an aromatic ring is 1. The fourth-order valence-corrected chi connectivity index (χ4v) is 4.97. The number of benzene rings is 2. The molecule has 2 aromatic carbocycles. The van der Waals surface area contributed by atoms with Crippen molar-refractivity contribution in [1.82, 2.24) is 13.9 Å². The average molecular weight is 399 g/mol. The Balaban J connectivity index is 2.11. The van der Waals surface area contributed by atoms with Crippen molar-refractivity contribution in [2.45, 2.75) is 11.8 Å². The predicted octanol–water partition coefficient (Wildman–Crippen LogP) is 3.88. The number of hydrogen-bond donors (Lipinski definition) is 1. The third kappa shape index (κ3) is 2.75. The van der Waals surface area contributed by atoms with Gasteiger partial charge in [-0.05, 0) is 25.1 Å². The lowest BCUT2D eigenvalue weighted by molar-refractivity contribution is 0.588. The van der Waals surface area contributed by atoms with Crippen LogP contribution in [-0.2, 0) is 10.0 Å². The van der Waals surface area contributed by atoms with Crippen LogP contribution in [0.5, 0.6) is 0 Å². The lowest BCUT2D eigenvalue weighted by Crippen LogP contribution is -2.14. The Morgan fingerprint density at radius 3 is 2.44 bits per heavy atom. The highest BCUT2D eigenvalue weighted by atomic mass is 35.5. The van der Waals surface area contributed by atoms with Gasteiger partial charge in [-0.2, -0.15) is 0 Å². The van der Waals surface area contributed by atoms with Crippen molar-refractivity contribution >= 4 is 38.5 Å². The van der Waals surface area contributed by atoms with Gasteiger partial charge in [-0.3, -0.25) is 0 Å². The van der Waals surface area contributed by atoms with E-state index in [0.717, 1.165) is 5.39 Å². The smallest absolute Gasteiger partial charge is 0.268 e. The topological polar surface area (TPSA) is 90.9 Å². The first-order valence-electron chi connectivity index (χ1n) is 8.10. The average Bonchev–Trinajstić information content (AvgIpc) is 2.97. The Morgan fingerprint density at radius 1 is 1.04 bits per heavy atom. The molecule has 0 atom stereocenters. The molecule has 4 aromatic rings. The zero-order valence-corrected chi connectivity index (χ0v) is 15.9. The second-order valence-corrected chi connectivity index (χ2v) is 8.18. The molecule has 4 rings (SSSR count). The molecule has 8 heteroatoms. The van der Waals surface area contributed by atoms with Crippen LogP contribution in [0, 0.1) is 6.92 Å². The molecule has 0 aliphatic carbocycles. The van der Waals surface area contributed by atoms with Gasteiger partial charge in [0.25, 0.3) is 10.0 Å². The van der Waals surface area contributed by atoms with Gasteiger partial charge in [0.15, 0.2) is 0 Å². The maximum Gasteiger partial charge on any atom is 0.268 e. The minimum Gasteiger partial charge on any atom is -0.368 e. The molecule has 27 heavy (non-hydrogen) atoms. The molecule has 136 valence electrons. The van der Waals surface area contributed by atoms with Gasteiger partial charge in [0.2, 0.25) is 5.95 Å². The van der Waals surface area contributed by atoms with E-state index in [0.29, 0.717) is 27.5 Å². The SMILES string of the molecule is Cc1c(-c2nc(N)ncc2Cl)c2ccccc2n1S(=O)(=O)c1ccccc1. The normalized spacial score (nSPS) is 11.8. The minimum absolute atomic E-state index is 0.0662. The van der Waals surface area contributed by atoms with Crippen LogP contribution in [0.15, 0.2) is 65.7 Å². The maximum atomic E-state index is 13.3. The number of rotatable bonds is 3. The number of aromatic nitrogens is 3. The first-order chi connectivity index (χ1) is 12.9. The van der Waals surface area contributed by atoms with Crippen LogP contribution < -0.4 is 5.73 Å². The summed E-state index contributed by atoms with van der Waals surface area (Å²) in [5.41, 5.74) is 7.80. The van der Waals surface area contributed by atoms with Crippen molar-refractivity contribution < 1.29 is 8.42 Å². The number of fused-ring (bicyclic) bond motifs is 1. The van der Waals surface area contributed by atoms with Crippen molar-refractivity contribution in [3.63, 3.8) is 0 Å². The zero-order valence-electron chi connectivity index (χ0n) is 14.3. The van der Waals surface area contributed by atoms with Gasteiger partial charge in [-0.25, -0.2) is 22.4 Å². The molecule has 0 saturated heterocycles. The van der Waals surface area contributed by atoms with Gasteiger partial charge < -0.3 is 5.73 Å². The molecule has 0 aliphatic heterocycles. The van der Waals surface area contributed by atoms with E-state index in [-0.39, 0.29) is 10.8 Å². The summed E-state index contributed by atoms with van der Waals surface area (Å²) in [7, 11) is -3.81. The van der Waals surface area contributed by atoms with E-state index in [1.54, 1.807) is 49.4 Å². The second kappa shape index (κ2) is 6.37. The number of hydrogen-bond acceptors (Lipinski definition) is 5. The zero-order chi connectivity index (χ0) is 19.2. The van der Waals surface area contributed by atoms with Crippen LogP contribution in [0.2, 0.25) is 5.02 Å². The first-order valence-corrected chi connectivity index (χ1v) is 9.92. The summed E-state index contributed by atoms with van der Waals surface area (Å²) in [6.45, 7) is 1.73. The van der Waals surface area contributed by atoms with Gasteiger partial charge in [0.1, 0.15) is 0 Å². The molecule has 0 radical (unpaired) electrons. The highest BCUT2D eigenvalue weighted by molar-refractivity contribution is 7.90. The molecule has 0 saturated carbocycles. The minimum atomic E-state index is -3.81. The van der Waals surface area contributed by atoms with Crippen molar-refractivity contribution in [3.05, 3.63) is 71.5 Å². The van der Waals surface area contributed by atoms with Crippen molar-refractivity contribution in [1.29, 1.82) is 0 Å². The van der Waals surface area contributed by atoms with Crippen LogP contribution in [0.25, 0.3) is 22.2 Å². The molecular formula is C19H15ClN4O2S. The van der Waals surface area contributed by atoms with Crippen molar-refractivity contribution in [2.75, 3.05) is 5.73 Å². The van der Waals surface area contributed by atoms with E-state index in [1.165, 1.54) is 10.2 Å². The summed E-state index contributed by atoms with van der Waals surface area (Å²) in [5.74, 6) is 0.0662. The second-order valence-electron chi connectivity index (χ2n) is 5.98. The molecule has 0 spiro atoms. The van der Waals surface area contributed by atoms with Crippen LogP contribution in [0.4, 0.5) is 5.95 Å². The Kier molecular flexibility index (Phi) is 4.13. The Hall–Kier alpha value is -2.90. The van der Waals surface area contributed by atoms with E-state index in [1.807, 2.05) is 12.1 Å². The van der Waals surface area contributed by atoms with Gasteiger partial charge >= 0.3 is 0 Å². The molecule has 0 aliphatic rings. The molecule has 0 bridgehead atoms. The molecular weight excluding hydrogens is 384 g/mol. The van der Waals surface area contributed by atoms with Crippen molar-refractivity contribution in [2.24, 2.45) is 0 Å². The largest absolute Gasteiger partial charge is 0.368 e. The third-order valence-electron chi connectivity index (χ3n) is 4.34.